The van der Waals surface area contributed by atoms with Crippen LogP contribution in [0.3, 0.4) is 0 Å². The summed E-state index contributed by atoms with van der Waals surface area (Å²) in [4.78, 5) is 0. The number of nitrogens with one attached hydrogen (secondary N) is 1. The third-order valence-electron chi connectivity index (χ3n) is 2.08. The van der Waals surface area contributed by atoms with Gasteiger partial charge in [-0.1, -0.05) is 11.8 Å². The number of hydrogen-bond donors (Lipinski definition) is 2. The number of thioether (sulfide) groups is 1. The fourth-order valence-electron chi connectivity index (χ4n) is 1.03. The second-order valence-electron chi connectivity index (χ2n) is 3.35. The molecule has 0 saturated heterocycles. The van der Waals surface area contributed by atoms with Gasteiger partial charge in [0.05, 0.1) is 11.3 Å². The molecule has 3 N–H and O–H groups in total. The highest BCUT2D eigenvalue weighted by Gasteiger charge is 2.28. The van der Waals surface area contributed by atoms with Gasteiger partial charge in [0.1, 0.15) is 5.84 Å². The standard InChI is InChI=1S/C7H12N6S/c1-4(6(8)9)14-7-10-11-12-13(7)5-2-3-5/h4-5H,2-3H2,1H3,(H3,8,9). The summed E-state index contributed by atoms with van der Waals surface area (Å²) in [6.45, 7) is 1.87. The minimum absolute atomic E-state index is 0.0708. The largest absolute Gasteiger partial charge is 0.387 e. The molecular weight excluding hydrogens is 200 g/mol. The molecule has 1 unspecified atom stereocenters. The monoisotopic (exact) mass is 212 g/mol. The number of nitrogens with zero attached hydrogens (tertiary/aromatic N) is 4. The van der Waals surface area contributed by atoms with Crippen molar-refractivity contribution in [3.63, 3.8) is 0 Å². The Balaban J connectivity index is 2.08. The van der Waals surface area contributed by atoms with Gasteiger partial charge in [-0.25, -0.2) is 4.68 Å². The van der Waals surface area contributed by atoms with Crippen molar-refractivity contribution in [1.82, 2.24) is 20.2 Å². The van der Waals surface area contributed by atoms with Gasteiger partial charge in [0.2, 0.25) is 5.16 Å². The summed E-state index contributed by atoms with van der Waals surface area (Å²) in [5.41, 5.74) is 5.38. The number of nitrogens with two attached hydrogens (primary N) is 1. The minimum Gasteiger partial charge on any atom is -0.387 e. The van der Waals surface area contributed by atoms with Crippen LogP contribution in [-0.4, -0.2) is 31.3 Å². The Kier molecular flexibility index (Phi) is 2.40. The zero-order chi connectivity index (χ0) is 10.1. The van der Waals surface area contributed by atoms with Crippen LogP contribution in [0.25, 0.3) is 0 Å². The smallest absolute Gasteiger partial charge is 0.210 e. The van der Waals surface area contributed by atoms with Crippen LogP contribution >= 0.6 is 11.8 Å². The molecular formula is C7H12N6S. The van der Waals surface area contributed by atoms with Gasteiger partial charge in [-0.2, -0.15) is 0 Å². The van der Waals surface area contributed by atoms with Crippen molar-refractivity contribution < 1.29 is 0 Å². The lowest BCUT2D eigenvalue weighted by Crippen LogP contribution is -2.22. The van der Waals surface area contributed by atoms with E-state index in [1.54, 1.807) is 0 Å². The van der Waals surface area contributed by atoms with Crippen LogP contribution < -0.4 is 5.73 Å². The van der Waals surface area contributed by atoms with Gasteiger partial charge in [-0.05, 0) is 30.2 Å². The van der Waals surface area contributed by atoms with Crippen molar-refractivity contribution in [3.05, 3.63) is 0 Å². The lowest BCUT2D eigenvalue weighted by molar-refractivity contribution is 0.565. The average Bonchev–Trinajstić information content (AvgIpc) is 2.88. The Morgan fingerprint density at radius 1 is 1.71 bits per heavy atom. The first-order valence-corrected chi connectivity index (χ1v) is 5.35. The van der Waals surface area contributed by atoms with Gasteiger partial charge in [0.25, 0.3) is 0 Å². The van der Waals surface area contributed by atoms with Gasteiger partial charge in [0.15, 0.2) is 0 Å². The SMILES string of the molecule is CC(Sc1nnnn1C1CC1)C(=N)N. The number of hydrogen-bond acceptors (Lipinski definition) is 5. The number of amidine groups is 1. The maximum atomic E-state index is 7.28. The van der Waals surface area contributed by atoms with Crippen molar-refractivity contribution in [2.24, 2.45) is 5.73 Å². The summed E-state index contributed by atoms with van der Waals surface area (Å²) >= 11 is 1.43. The molecule has 7 heteroatoms. The van der Waals surface area contributed by atoms with Crippen LogP contribution in [0.5, 0.6) is 0 Å². The van der Waals surface area contributed by atoms with Crippen LogP contribution in [0.4, 0.5) is 0 Å². The van der Waals surface area contributed by atoms with E-state index in [1.165, 1.54) is 11.8 Å². The highest BCUT2D eigenvalue weighted by molar-refractivity contribution is 8.00. The van der Waals surface area contributed by atoms with Gasteiger partial charge >= 0.3 is 0 Å². The fraction of sp³-hybridized carbons (Fsp3) is 0.714. The number of rotatable bonds is 4. The van der Waals surface area contributed by atoms with Crippen molar-refractivity contribution in [2.75, 3.05) is 0 Å². The van der Waals surface area contributed by atoms with E-state index in [-0.39, 0.29) is 11.1 Å². The molecule has 0 spiro atoms. The molecule has 1 saturated carbocycles. The Morgan fingerprint density at radius 3 is 3.00 bits per heavy atom. The zero-order valence-electron chi connectivity index (χ0n) is 7.84. The third kappa shape index (κ3) is 1.87. The summed E-state index contributed by atoms with van der Waals surface area (Å²) in [5, 5.41) is 19.4. The van der Waals surface area contributed by atoms with Gasteiger partial charge in [0, 0.05) is 0 Å². The molecule has 1 atom stereocenters. The first-order valence-electron chi connectivity index (χ1n) is 4.47. The number of aromatic nitrogens is 4. The summed E-state index contributed by atoms with van der Waals surface area (Å²) in [5.74, 6) is 0.153. The molecule has 1 aliphatic rings. The number of tetrazole rings is 1. The maximum Gasteiger partial charge on any atom is 0.210 e. The van der Waals surface area contributed by atoms with E-state index < -0.39 is 0 Å². The van der Waals surface area contributed by atoms with Crippen LogP contribution in [0.1, 0.15) is 25.8 Å². The van der Waals surface area contributed by atoms with E-state index in [0.717, 1.165) is 18.0 Å². The molecule has 0 amide bonds. The normalized spacial score (nSPS) is 18.1. The first kappa shape index (κ1) is 9.45. The molecule has 76 valence electrons. The Bertz CT molecular complexity index is 344. The molecule has 0 aliphatic heterocycles. The molecule has 1 aromatic heterocycles. The quantitative estimate of drug-likeness (QED) is 0.428. The van der Waals surface area contributed by atoms with Crippen LogP contribution in [0.2, 0.25) is 0 Å². The summed E-state index contributed by atoms with van der Waals surface area (Å²) in [7, 11) is 0. The summed E-state index contributed by atoms with van der Waals surface area (Å²) in [6, 6.07) is 0.464. The molecule has 0 bridgehead atoms. The van der Waals surface area contributed by atoms with E-state index in [4.69, 9.17) is 11.1 Å². The molecule has 2 rings (SSSR count). The molecule has 1 heterocycles. The van der Waals surface area contributed by atoms with Crippen LogP contribution in [0, 0.1) is 5.41 Å². The molecule has 1 aromatic rings. The van der Waals surface area contributed by atoms with E-state index in [1.807, 2.05) is 11.6 Å². The van der Waals surface area contributed by atoms with E-state index in [0.29, 0.717) is 6.04 Å². The van der Waals surface area contributed by atoms with Crippen molar-refractivity contribution >= 4 is 17.6 Å². The summed E-state index contributed by atoms with van der Waals surface area (Å²) < 4.78 is 1.82. The van der Waals surface area contributed by atoms with Crippen molar-refractivity contribution in [2.45, 2.75) is 36.2 Å². The highest BCUT2D eigenvalue weighted by Crippen LogP contribution is 2.36. The minimum atomic E-state index is -0.0708. The maximum absolute atomic E-state index is 7.28. The lowest BCUT2D eigenvalue weighted by Gasteiger charge is -2.07. The second kappa shape index (κ2) is 3.56. The molecule has 1 fully saturated rings. The lowest BCUT2D eigenvalue weighted by atomic mass is 10.4. The van der Waals surface area contributed by atoms with Crippen molar-refractivity contribution in [1.29, 1.82) is 5.41 Å². The topological polar surface area (TPSA) is 93.5 Å². The van der Waals surface area contributed by atoms with Crippen molar-refractivity contribution in [3.8, 4) is 0 Å². The Hall–Kier alpha value is -1.11. The van der Waals surface area contributed by atoms with Crippen LogP contribution in [-0.2, 0) is 0 Å². The Labute approximate surface area is 85.7 Å². The van der Waals surface area contributed by atoms with Gasteiger partial charge < -0.3 is 5.73 Å². The predicted octanol–water partition coefficient (Wildman–Crippen LogP) is 0.425. The first-order chi connectivity index (χ1) is 6.68. The highest BCUT2D eigenvalue weighted by atomic mass is 32.2. The molecule has 1 aliphatic carbocycles. The van der Waals surface area contributed by atoms with E-state index in [2.05, 4.69) is 15.5 Å². The third-order valence-corrected chi connectivity index (χ3v) is 3.16. The zero-order valence-corrected chi connectivity index (χ0v) is 8.66. The Morgan fingerprint density at radius 2 is 2.43 bits per heavy atom. The molecule has 14 heavy (non-hydrogen) atoms. The predicted molar refractivity (Wildman–Crippen MR) is 53.3 cm³/mol. The summed E-state index contributed by atoms with van der Waals surface area (Å²) in [6.07, 6.45) is 2.29. The van der Waals surface area contributed by atoms with Crippen LogP contribution in [0.15, 0.2) is 5.16 Å². The fourth-order valence-corrected chi connectivity index (χ4v) is 1.85. The second-order valence-corrected chi connectivity index (χ2v) is 4.66. The molecule has 0 aromatic carbocycles. The molecule has 6 nitrogen and oxygen atoms in total. The van der Waals surface area contributed by atoms with E-state index >= 15 is 0 Å². The van der Waals surface area contributed by atoms with E-state index in [9.17, 15) is 0 Å². The van der Waals surface area contributed by atoms with Gasteiger partial charge in [-0.15, -0.1) is 5.10 Å². The average molecular weight is 212 g/mol. The van der Waals surface area contributed by atoms with Gasteiger partial charge in [-0.3, -0.25) is 5.41 Å². The molecule has 0 radical (unpaired) electrons.